The van der Waals surface area contributed by atoms with Crippen molar-refractivity contribution in [1.29, 1.82) is 0 Å². The van der Waals surface area contributed by atoms with Crippen molar-refractivity contribution < 1.29 is 9.72 Å². The molecule has 15 heavy (non-hydrogen) atoms. The summed E-state index contributed by atoms with van der Waals surface area (Å²) in [4.78, 5) is 20.5. The minimum Gasteiger partial charge on any atom is -0.371 e. The number of anilines is 1. The van der Waals surface area contributed by atoms with E-state index in [-0.39, 0.29) is 17.9 Å². The molecule has 1 amide bonds. The Hall–Kier alpha value is -1.82. The maximum Gasteiger partial charge on any atom is 0.292 e. The van der Waals surface area contributed by atoms with Crippen molar-refractivity contribution in [3.05, 3.63) is 33.3 Å². The molecule has 0 saturated heterocycles. The van der Waals surface area contributed by atoms with E-state index in [1.165, 1.54) is 18.2 Å². The molecule has 0 unspecified atom stereocenters. The molecule has 0 saturated carbocycles. The van der Waals surface area contributed by atoms with Gasteiger partial charge in [0.25, 0.3) is 5.69 Å². The molecule has 3 N–H and O–H groups in total. The molecule has 0 spiro atoms. The van der Waals surface area contributed by atoms with Crippen molar-refractivity contribution in [3.8, 4) is 0 Å². The zero-order chi connectivity index (χ0) is 11.4. The number of halogens is 1. The van der Waals surface area contributed by atoms with Gasteiger partial charge in [-0.25, -0.2) is 0 Å². The minimum atomic E-state index is -0.607. The normalized spacial score (nSPS) is 9.67. The first-order chi connectivity index (χ1) is 7.00. The van der Waals surface area contributed by atoms with Crippen LogP contribution in [-0.2, 0) is 4.79 Å². The highest BCUT2D eigenvalue weighted by Gasteiger charge is 2.13. The number of carbonyl (C=O) groups excluding carboxylic acids is 1. The van der Waals surface area contributed by atoms with E-state index in [2.05, 4.69) is 5.32 Å². The number of benzene rings is 1. The molecule has 6 nitrogen and oxygen atoms in total. The molecule has 0 heterocycles. The zero-order valence-electron chi connectivity index (χ0n) is 7.57. The zero-order valence-corrected chi connectivity index (χ0v) is 8.32. The number of primary amides is 1. The fraction of sp³-hybridized carbons (Fsp3) is 0.125. The number of nitro benzene ring substituents is 1. The van der Waals surface area contributed by atoms with Crippen LogP contribution in [0.1, 0.15) is 0 Å². The van der Waals surface area contributed by atoms with Crippen molar-refractivity contribution in [3.63, 3.8) is 0 Å². The second-order valence-electron chi connectivity index (χ2n) is 2.74. The summed E-state index contributed by atoms with van der Waals surface area (Å²) in [6.07, 6.45) is 0. The van der Waals surface area contributed by atoms with Crippen LogP contribution in [0.2, 0.25) is 5.02 Å². The first-order valence-corrected chi connectivity index (χ1v) is 4.34. The van der Waals surface area contributed by atoms with Gasteiger partial charge in [0.05, 0.1) is 11.5 Å². The number of nitrogens with two attached hydrogens (primary N) is 1. The summed E-state index contributed by atoms with van der Waals surface area (Å²) in [6, 6.07) is 4.02. The average Bonchev–Trinajstić information content (AvgIpc) is 2.14. The van der Waals surface area contributed by atoms with Crippen molar-refractivity contribution in [2.75, 3.05) is 11.9 Å². The fourth-order valence-corrected chi connectivity index (χ4v) is 1.16. The second kappa shape index (κ2) is 4.61. The van der Waals surface area contributed by atoms with Gasteiger partial charge in [-0.3, -0.25) is 14.9 Å². The minimum absolute atomic E-state index is 0.152. The van der Waals surface area contributed by atoms with Crippen LogP contribution in [0, 0.1) is 10.1 Å². The predicted molar refractivity (Wildman–Crippen MR) is 55.8 cm³/mol. The third kappa shape index (κ3) is 3.10. The lowest BCUT2D eigenvalue weighted by molar-refractivity contribution is -0.383. The van der Waals surface area contributed by atoms with Crippen LogP contribution in [0.5, 0.6) is 0 Å². The Bertz CT molecular complexity index is 408. The lowest BCUT2D eigenvalue weighted by atomic mass is 10.2. The molecule has 0 aromatic heterocycles. The first-order valence-electron chi connectivity index (χ1n) is 3.97. The largest absolute Gasteiger partial charge is 0.371 e. The summed E-state index contributed by atoms with van der Waals surface area (Å²) in [5, 5.41) is 13.5. The van der Waals surface area contributed by atoms with Gasteiger partial charge >= 0.3 is 0 Å². The highest BCUT2D eigenvalue weighted by molar-refractivity contribution is 6.31. The highest BCUT2D eigenvalue weighted by Crippen LogP contribution is 2.27. The monoisotopic (exact) mass is 229 g/mol. The molecule has 1 aromatic rings. The van der Waals surface area contributed by atoms with Crippen molar-refractivity contribution >= 4 is 28.9 Å². The molecular formula is C8H8ClN3O3. The summed E-state index contributed by atoms with van der Waals surface area (Å²) in [5.41, 5.74) is 4.92. The van der Waals surface area contributed by atoms with Gasteiger partial charge in [-0.2, -0.15) is 0 Å². The van der Waals surface area contributed by atoms with Gasteiger partial charge in [0.2, 0.25) is 5.91 Å². The fourth-order valence-electron chi connectivity index (χ4n) is 0.991. The number of hydrogen-bond donors (Lipinski definition) is 2. The van der Waals surface area contributed by atoms with E-state index in [1.54, 1.807) is 0 Å². The molecular weight excluding hydrogens is 222 g/mol. The van der Waals surface area contributed by atoms with Gasteiger partial charge in [-0.1, -0.05) is 11.6 Å². The van der Waals surface area contributed by atoms with Crippen LogP contribution < -0.4 is 11.1 Å². The van der Waals surface area contributed by atoms with E-state index in [1.807, 2.05) is 0 Å². The van der Waals surface area contributed by atoms with E-state index in [0.29, 0.717) is 5.02 Å². The summed E-state index contributed by atoms with van der Waals surface area (Å²) in [7, 11) is 0. The third-order valence-electron chi connectivity index (χ3n) is 1.61. The van der Waals surface area contributed by atoms with Crippen LogP contribution in [-0.4, -0.2) is 17.4 Å². The number of nitro groups is 1. The maximum absolute atomic E-state index is 10.6. The van der Waals surface area contributed by atoms with Crippen LogP contribution in [0.3, 0.4) is 0 Å². The van der Waals surface area contributed by atoms with E-state index in [4.69, 9.17) is 17.3 Å². The van der Waals surface area contributed by atoms with Gasteiger partial charge in [-0.05, 0) is 12.1 Å². The summed E-state index contributed by atoms with van der Waals surface area (Å²) < 4.78 is 0. The number of nitrogens with one attached hydrogen (secondary N) is 1. The Balaban J connectivity index is 2.96. The Morgan fingerprint density at radius 2 is 2.27 bits per heavy atom. The van der Waals surface area contributed by atoms with Crippen molar-refractivity contribution in [2.24, 2.45) is 5.73 Å². The predicted octanol–water partition coefficient (Wildman–Crippen LogP) is 1.15. The Morgan fingerprint density at radius 3 is 2.80 bits per heavy atom. The number of amides is 1. The SMILES string of the molecule is NC(=O)CNc1cc(Cl)ccc1[N+](=O)[O-]. The number of carbonyl (C=O) groups is 1. The molecule has 80 valence electrons. The summed E-state index contributed by atoms with van der Waals surface area (Å²) in [6.45, 7) is -0.179. The number of rotatable bonds is 4. The third-order valence-corrected chi connectivity index (χ3v) is 1.84. The molecule has 0 atom stereocenters. The van der Waals surface area contributed by atoms with E-state index >= 15 is 0 Å². The Labute approximate surface area is 90.2 Å². The Kier molecular flexibility index (Phi) is 3.46. The quantitative estimate of drug-likeness (QED) is 0.598. The van der Waals surface area contributed by atoms with Crippen LogP contribution in [0.4, 0.5) is 11.4 Å². The molecule has 0 radical (unpaired) electrons. The van der Waals surface area contributed by atoms with Gasteiger partial charge in [0.15, 0.2) is 0 Å². The molecule has 1 aromatic carbocycles. The number of nitrogens with zero attached hydrogens (tertiary/aromatic N) is 1. The van der Waals surface area contributed by atoms with Gasteiger partial charge < -0.3 is 11.1 Å². The standard InChI is InChI=1S/C8H8ClN3O3/c9-5-1-2-7(12(14)15)6(3-5)11-4-8(10)13/h1-3,11H,4H2,(H2,10,13). The Morgan fingerprint density at radius 1 is 1.60 bits per heavy atom. The molecule has 0 bridgehead atoms. The smallest absolute Gasteiger partial charge is 0.292 e. The van der Waals surface area contributed by atoms with Crippen molar-refractivity contribution in [2.45, 2.75) is 0 Å². The molecule has 0 fully saturated rings. The van der Waals surface area contributed by atoms with Crippen LogP contribution >= 0.6 is 11.6 Å². The molecule has 0 aliphatic heterocycles. The topological polar surface area (TPSA) is 98.3 Å². The van der Waals surface area contributed by atoms with Crippen LogP contribution in [0.15, 0.2) is 18.2 Å². The van der Waals surface area contributed by atoms with E-state index in [0.717, 1.165) is 0 Å². The first kappa shape index (κ1) is 11.3. The molecule has 0 aliphatic rings. The van der Waals surface area contributed by atoms with E-state index < -0.39 is 10.8 Å². The lowest BCUT2D eigenvalue weighted by Crippen LogP contribution is -2.22. The van der Waals surface area contributed by atoms with Gasteiger partial charge in [0.1, 0.15) is 5.69 Å². The van der Waals surface area contributed by atoms with Gasteiger partial charge in [0, 0.05) is 11.1 Å². The molecule has 7 heteroatoms. The second-order valence-corrected chi connectivity index (χ2v) is 3.17. The maximum atomic E-state index is 10.6. The van der Waals surface area contributed by atoms with Crippen LogP contribution in [0.25, 0.3) is 0 Å². The van der Waals surface area contributed by atoms with Crippen molar-refractivity contribution in [1.82, 2.24) is 0 Å². The lowest BCUT2D eigenvalue weighted by Gasteiger charge is -2.04. The van der Waals surface area contributed by atoms with E-state index in [9.17, 15) is 14.9 Å². The number of hydrogen-bond acceptors (Lipinski definition) is 4. The average molecular weight is 230 g/mol. The van der Waals surface area contributed by atoms with Gasteiger partial charge in [-0.15, -0.1) is 0 Å². The highest BCUT2D eigenvalue weighted by atomic mass is 35.5. The molecule has 0 aliphatic carbocycles. The summed E-state index contributed by atoms with van der Waals surface area (Å²) in [5.74, 6) is -0.607. The summed E-state index contributed by atoms with van der Waals surface area (Å²) >= 11 is 5.66. The molecule has 1 rings (SSSR count).